The minimum atomic E-state index is -2.85. The Hall–Kier alpha value is -2.63. The van der Waals surface area contributed by atoms with Crippen LogP contribution in [0.2, 0.25) is 0 Å². The standard InChI is InChI=1S/C20H23F2NO3/c1-3-14(2)17-6-4-5-7-18(17)25-13-19(24)23-12-15-8-10-16(11-9-15)26-20(21)22/h4-11,14,20H,3,12-13H2,1-2H3,(H,23,24). The summed E-state index contributed by atoms with van der Waals surface area (Å²) in [5.74, 6) is 0.894. The zero-order valence-corrected chi connectivity index (χ0v) is 14.9. The third-order valence-electron chi connectivity index (χ3n) is 4.06. The number of amides is 1. The molecule has 6 heteroatoms. The summed E-state index contributed by atoms with van der Waals surface area (Å²) in [5.41, 5.74) is 1.86. The number of rotatable bonds is 9. The Balaban J connectivity index is 1.83. The Morgan fingerprint density at radius 2 is 1.81 bits per heavy atom. The lowest BCUT2D eigenvalue weighted by Crippen LogP contribution is -2.28. The van der Waals surface area contributed by atoms with E-state index >= 15 is 0 Å². The van der Waals surface area contributed by atoms with E-state index in [1.165, 1.54) is 12.1 Å². The number of alkyl halides is 2. The van der Waals surface area contributed by atoms with Crippen LogP contribution in [-0.2, 0) is 11.3 Å². The van der Waals surface area contributed by atoms with Crippen LogP contribution in [0.25, 0.3) is 0 Å². The zero-order valence-electron chi connectivity index (χ0n) is 14.9. The first-order valence-corrected chi connectivity index (χ1v) is 8.51. The molecule has 0 heterocycles. The van der Waals surface area contributed by atoms with E-state index in [2.05, 4.69) is 23.9 Å². The van der Waals surface area contributed by atoms with Gasteiger partial charge in [-0.3, -0.25) is 4.79 Å². The summed E-state index contributed by atoms with van der Waals surface area (Å²) in [6.07, 6.45) is 0.984. The maximum absolute atomic E-state index is 12.1. The van der Waals surface area contributed by atoms with Crippen LogP contribution in [0.4, 0.5) is 8.78 Å². The number of nitrogens with one attached hydrogen (secondary N) is 1. The van der Waals surface area contributed by atoms with Gasteiger partial charge in [0.25, 0.3) is 5.91 Å². The highest BCUT2D eigenvalue weighted by Crippen LogP contribution is 2.28. The number of halogens is 2. The summed E-state index contributed by atoms with van der Waals surface area (Å²) in [7, 11) is 0. The molecule has 0 aromatic heterocycles. The van der Waals surface area contributed by atoms with E-state index in [9.17, 15) is 13.6 Å². The van der Waals surface area contributed by atoms with Crippen LogP contribution in [0, 0.1) is 0 Å². The second kappa shape index (κ2) is 9.75. The number of hydrogen-bond donors (Lipinski definition) is 1. The molecule has 0 aliphatic carbocycles. The monoisotopic (exact) mass is 363 g/mol. The second-order valence-electron chi connectivity index (χ2n) is 5.93. The number of benzene rings is 2. The Bertz CT molecular complexity index is 704. The Kier molecular flexibility index (Phi) is 7.38. The molecule has 26 heavy (non-hydrogen) atoms. The SMILES string of the molecule is CCC(C)c1ccccc1OCC(=O)NCc1ccc(OC(F)F)cc1. The van der Waals surface area contributed by atoms with Crippen molar-refractivity contribution >= 4 is 5.91 Å². The van der Waals surface area contributed by atoms with Crippen molar-refractivity contribution in [3.63, 3.8) is 0 Å². The van der Waals surface area contributed by atoms with E-state index in [1.54, 1.807) is 12.1 Å². The quantitative estimate of drug-likeness (QED) is 0.714. The van der Waals surface area contributed by atoms with E-state index in [4.69, 9.17) is 4.74 Å². The van der Waals surface area contributed by atoms with Crippen molar-refractivity contribution in [2.75, 3.05) is 6.61 Å². The fourth-order valence-corrected chi connectivity index (χ4v) is 2.42. The second-order valence-corrected chi connectivity index (χ2v) is 5.93. The Labute approximate surface area is 152 Å². The Morgan fingerprint density at radius 1 is 1.12 bits per heavy atom. The topological polar surface area (TPSA) is 47.6 Å². The van der Waals surface area contributed by atoms with Gasteiger partial charge in [0.15, 0.2) is 6.61 Å². The van der Waals surface area contributed by atoms with Gasteiger partial charge in [0.05, 0.1) is 0 Å². The predicted molar refractivity (Wildman–Crippen MR) is 95.6 cm³/mol. The summed E-state index contributed by atoms with van der Waals surface area (Å²) >= 11 is 0. The average Bonchev–Trinajstić information content (AvgIpc) is 2.65. The summed E-state index contributed by atoms with van der Waals surface area (Å²) < 4.78 is 34.2. The summed E-state index contributed by atoms with van der Waals surface area (Å²) in [6, 6.07) is 13.8. The maximum atomic E-state index is 12.1. The van der Waals surface area contributed by atoms with E-state index in [-0.39, 0.29) is 24.8 Å². The van der Waals surface area contributed by atoms with Gasteiger partial charge in [0.1, 0.15) is 11.5 Å². The van der Waals surface area contributed by atoms with Crippen molar-refractivity contribution in [3.05, 3.63) is 59.7 Å². The Morgan fingerprint density at radius 3 is 2.46 bits per heavy atom. The molecule has 140 valence electrons. The van der Waals surface area contributed by atoms with Gasteiger partial charge in [-0.25, -0.2) is 0 Å². The van der Waals surface area contributed by atoms with Crippen molar-refractivity contribution in [3.8, 4) is 11.5 Å². The summed E-state index contributed by atoms with van der Waals surface area (Å²) in [5, 5.41) is 2.74. The molecule has 0 fully saturated rings. The van der Waals surface area contributed by atoms with Gasteiger partial charge in [-0.15, -0.1) is 0 Å². The van der Waals surface area contributed by atoms with Crippen LogP contribution in [-0.4, -0.2) is 19.1 Å². The largest absolute Gasteiger partial charge is 0.483 e. The molecule has 0 aliphatic rings. The molecule has 1 N–H and O–H groups in total. The van der Waals surface area contributed by atoms with Crippen molar-refractivity contribution in [2.45, 2.75) is 39.3 Å². The first kappa shape index (κ1) is 19.7. The lowest BCUT2D eigenvalue weighted by atomic mass is 9.98. The molecule has 0 spiro atoms. The van der Waals surface area contributed by atoms with Crippen LogP contribution in [0.3, 0.4) is 0 Å². The van der Waals surface area contributed by atoms with Gasteiger partial charge < -0.3 is 14.8 Å². The number of para-hydroxylation sites is 1. The van der Waals surface area contributed by atoms with Gasteiger partial charge in [-0.2, -0.15) is 8.78 Å². The molecular formula is C20H23F2NO3. The fraction of sp³-hybridized carbons (Fsp3) is 0.350. The highest BCUT2D eigenvalue weighted by Gasteiger charge is 2.11. The van der Waals surface area contributed by atoms with E-state index in [1.807, 2.05) is 24.3 Å². The molecule has 0 aliphatic heterocycles. The average molecular weight is 363 g/mol. The number of carbonyl (C=O) groups is 1. The van der Waals surface area contributed by atoms with Crippen LogP contribution in [0.1, 0.15) is 37.3 Å². The third-order valence-corrected chi connectivity index (χ3v) is 4.06. The maximum Gasteiger partial charge on any atom is 0.387 e. The smallest absolute Gasteiger partial charge is 0.387 e. The van der Waals surface area contributed by atoms with Crippen molar-refractivity contribution in [2.24, 2.45) is 0 Å². The molecule has 0 saturated carbocycles. The summed E-state index contributed by atoms with van der Waals surface area (Å²) in [4.78, 5) is 12.0. The predicted octanol–water partition coefficient (Wildman–Crippen LogP) is 4.50. The van der Waals surface area contributed by atoms with Crippen molar-refractivity contribution in [1.29, 1.82) is 0 Å². The molecule has 2 rings (SSSR count). The fourth-order valence-electron chi connectivity index (χ4n) is 2.42. The number of ether oxygens (including phenoxy) is 2. The first-order chi connectivity index (χ1) is 12.5. The van der Waals surface area contributed by atoms with Crippen molar-refractivity contribution in [1.82, 2.24) is 5.32 Å². The van der Waals surface area contributed by atoms with E-state index in [0.717, 1.165) is 17.5 Å². The molecule has 1 amide bonds. The molecule has 1 atom stereocenters. The zero-order chi connectivity index (χ0) is 18.9. The highest BCUT2D eigenvalue weighted by atomic mass is 19.3. The first-order valence-electron chi connectivity index (χ1n) is 8.51. The van der Waals surface area contributed by atoms with Crippen molar-refractivity contribution < 1.29 is 23.0 Å². The minimum absolute atomic E-state index is 0.0833. The van der Waals surface area contributed by atoms with E-state index < -0.39 is 6.61 Å². The molecule has 2 aromatic carbocycles. The molecule has 0 radical (unpaired) electrons. The van der Waals surface area contributed by atoms with Gasteiger partial charge in [0.2, 0.25) is 0 Å². The minimum Gasteiger partial charge on any atom is -0.483 e. The molecule has 0 saturated heterocycles. The lowest BCUT2D eigenvalue weighted by molar-refractivity contribution is -0.123. The van der Waals surface area contributed by atoms with Gasteiger partial charge in [-0.1, -0.05) is 44.2 Å². The highest BCUT2D eigenvalue weighted by molar-refractivity contribution is 5.77. The van der Waals surface area contributed by atoms with Crippen LogP contribution >= 0.6 is 0 Å². The molecular weight excluding hydrogens is 340 g/mol. The van der Waals surface area contributed by atoms with Crippen LogP contribution in [0.15, 0.2) is 48.5 Å². The molecule has 2 aromatic rings. The third kappa shape index (κ3) is 6.02. The van der Waals surface area contributed by atoms with Crippen LogP contribution in [0.5, 0.6) is 11.5 Å². The van der Waals surface area contributed by atoms with E-state index in [0.29, 0.717) is 11.7 Å². The van der Waals surface area contributed by atoms with Gasteiger partial charge in [0, 0.05) is 6.54 Å². The molecule has 1 unspecified atom stereocenters. The van der Waals surface area contributed by atoms with Gasteiger partial charge in [-0.05, 0) is 41.7 Å². The summed E-state index contributed by atoms with van der Waals surface area (Å²) in [6.45, 7) is 1.57. The molecule has 4 nitrogen and oxygen atoms in total. The number of hydrogen-bond acceptors (Lipinski definition) is 3. The lowest BCUT2D eigenvalue weighted by Gasteiger charge is -2.15. The number of carbonyl (C=O) groups excluding carboxylic acids is 1. The molecule has 0 bridgehead atoms. The van der Waals surface area contributed by atoms with Gasteiger partial charge >= 0.3 is 6.61 Å². The van der Waals surface area contributed by atoms with Crippen LogP contribution < -0.4 is 14.8 Å². The normalized spacial score (nSPS) is 11.9.